The first-order valence-electron chi connectivity index (χ1n) is 7.93. The smallest absolute Gasteiger partial charge is 0.354 e. The van der Waals surface area contributed by atoms with Crippen molar-refractivity contribution < 1.29 is 23.8 Å². The standard InChI is InChI=1S/C20H21NO5/c1-13-5-8-17(11-14(13)2)26-16-9-6-15(7-10-16)21-18(20(23)25-4)12-19(22)24-3/h5-12,21H,1-4H3/b18-12+. The third-order valence-corrected chi connectivity index (χ3v) is 3.72. The first-order chi connectivity index (χ1) is 12.4. The summed E-state index contributed by atoms with van der Waals surface area (Å²) in [5.74, 6) is 0.0588. The van der Waals surface area contributed by atoms with Crippen molar-refractivity contribution in [3.63, 3.8) is 0 Å². The van der Waals surface area contributed by atoms with Gasteiger partial charge in [-0.05, 0) is 61.4 Å². The van der Waals surface area contributed by atoms with E-state index in [2.05, 4.69) is 14.8 Å². The molecule has 0 aliphatic carbocycles. The van der Waals surface area contributed by atoms with Gasteiger partial charge in [-0.1, -0.05) is 6.07 Å². The number of nitrogens with one attached hydrogen (secondary N) is 1. The van der Waals surface area contributed by atoms with E-state index in [4.69, 9.17) is 4.74 Å². The number of ether oxygens (including phenoxy) is 3. The van der Waals surface area contributed by atoms with E-state index in [9.17, 15) is 9.59 Å². The average molecular weight is 355 g/mol. The summed E-state index contributed by atoms with van der Waals surface area (Å²) in [5, 5.41) is 2.83. The fourth-order valence-corrected chi connectivity index (χ4v) is 2.11. The van der Waals surface area contributed by atoms with Gasteiger partial charge in [-0.3, -0.25) is 0 Å². The zero-order chi connectivity index (χ0) is 19.1. The summed E-state index contributed by atoms with van der Waals surface area (Å²) in [6.45, 7) is 4.07. The van der Waals surface area contributed by atoms with Gasteiger partial charge in [-0.15, -0.1) is 0 Å². The monoisotopic (exact) mass is 355 g/mol. The van der Waals surface area contributed by atoms with Gasteiger partial charge in [-0.2, -0.15) is 0 Å². The third-order valence-electron chi connectivity index (χ3n) is 3.72. The molecule has 0 unspecified atom stereocenters. The number of carbonyl (C=O) groups is 2. The maximum absolute atomic E-state index is 11.7. The molecule has 0 atom stereocenters. The van der Waals surface area contributed by atoms with Gasteiger partial charge in [0.2, 0.25) is 0 Å². The number of rotatable bonds is 6. The van der Waals surface area contributed by atoms with Crippen LogP contribution < -0.4 is 10.1 Å². The first-order valence-corrected chi connectivity index (χ1v) is 7.93. The van der Waals surface area contributed by atoms with Gasteiger partial charge in [0.15, 0.2) is 0 Å². The highest BCUT2D eigenvalue weighted by Gasteiger charge is 2.12. The molecule has 2 aromatic rings. The van der Waals surface area contributed by atoms with Crippen molar-refractivity contribution in [2.24, 2.45) is 0 Å². The Morgan fingerprint density at radius 2 is 1.54 bits per heavy atom. The van der Waals surface area contributed by atoms with Crippen LogP contribution in [-0.4, -0.2) is 26.2 Å². The molecule has 0 spiro atoms. The molecule has 26 heavy (non-hydrogen) atoms. The highest BCUT2D eigenvalue weighted by atomic mass is 16.5. The van der Waals surface area contributed by atoms with E-state index in [0.29, 0.717) is 11.4 Å². The third kappa shape index (κ3) is 5.11. The Bertz CT molecular complexity index is 825. The molecule has 1 N–H and O–H groups in total. The highest BCUT2D eigenvalue weighted by molar-refractivity contribution is 5.98. The molecule has 2 rings (SSSR count). The molecule has 0 saturated carbocycles. The minimum Gasteiger partial charge on any atom is -0.466 e. The van der Waals surface area contributed by atoms with E-state index < -0.39 is 11.9 Å². The summed E-state index contributed by atoms with van der Waals surface area (Å²) in [5.41, 5.74) is 2.92. The molecule has 0 aliphatic heterocycles. The molecule has 6 nitrogen and oxygen atoms in total. The second-order valence-electron chi connectivity index (χ2n) is 5.57. The summed E-state index contributed by atoms with van der Waals surface area (Å²) < 4.78 is 15.0. The SMILES string of the molecule is COC(=O)/C=C(/Nc1ccc(Oc2ccc(C)c(C)c2)cc1)C(=O)OC. The van der Waals surface area contributed by atoms with Gasteiger partial charge >= 0.3 is 11.9 Å². The van der Waals surface area contributed by atoms with Crippen molar-refractivity contribution in [3.8, 4) is 11.5 Å². The Kier molecular flexibility index (Phi) is 6.38. The molecule has 0 radical (unpaired) electrons. The fourth-order valence-electron chi connectivity index (χ4n) is 2.11. The Morgan fingerprint density at radius 3 is 2.12 bits per heavy atom. The van der Waals surface area contributed by atoms with Gasteiger partial charge < -0.3 is 19.5 Å². The molecule has 0 heterocycles. The van der Waals surface area contributed by atoms with Crippen LogP contribution in [0.25, 0.3) is 0 Å². The summed E-state index contributed by atoms with van der Waals surface area (Å²) >= 11 is 0. The van der Waals surface area contributed by atoms with Crippen molar-refractivity contribution in [1.82, 2.24) is 0 Å². The van der Waals surface area contributed by atoms with Crippen molar-refractivity contribution in [2.75, 3.05) is 19.5 Å². The van der Waals surface area contributed by atoms with Crippen LogP contribution in [0.15, 0.2) is 54.2 Å². The molecule has 6 heteroatoms. The van der Waals surface area contributed by atoms with Crippen LogP contribution in [0.1, 0.15) is 11.1 Å². The quantitative estimate of drug-likeness (QED) is 0.629. The van der Waals surface area contributed by atoms with Crippen LogP contribution in [0, 0.1) is 13.8 Å². The van der Waals surface area contributed by atoms with Gasteiger partial charge in [0.25, 0.3) is 0 Å². The number of aryl methyl sites for hydroxylation is 2. The van der Waals surface area contributed by atoms with E-state index in [1.807, 2.05) is 32.0 Å². The summed E-state index contributed by atoms with van der Waals surface area (Å²) in [4.78, 5) is 23.1. The molecule has 0 fully saturated rings. The molecule has 0 aliphatic rings. The van der Waals surface area contributed by atoms with Crippen LogP contribution in [0.3, 0.4) is 0 Å². The molecular weight excluding hydrogens is 334 g/mol. The topological polar surface area (TPSA) is 73.9 Å². The molecular formula is C20H21NO5. The van der Waals surface area contributed by atoms with Gasteiger partial charge in [0, 0.05) is 5.69 Å². The average Bonchev–Trinajstić information content (AvgIpc) is 2.64. The van der Waals surface area contributed by atoms with Crippen molar-refractivity contribution in [3.05, 3.63) is 65.4 Å². The second-order valence-corrected chi connectivity index (χ2v) is 5.57. The predicted molar refractivity (Wildman–Crippen MR) is 98.2 cm³/mol. The van der Waals surface area contributed by atoms with E-state index in [0.717, 1.165) is 17.4 Å². The van der Waals surface area contributed by atoms with E-state index in [1.54, 1.807) is 24.3 Å². The lowest BCUT2D eigenvalue weighted by atomic mass is 10.1. The van der Waals surface area contributed by atoms with Crippen molar-refractivity contribution in [2.45, 2.75) is 13.8 Å². The minimum atomic E-state index is -0.675. The second kappa shape index (κ2) is 8.71. The molecule has 2 aromatic carbocycles. The van der Waals surface area contributed by atoms with Gasteiger partial charge in [0.1, 0.15) is 17.2 Å². The van der Waals surface area contributed by atoms with Crippen LogP contribution >= 0.6 is 0 Å². The number of carbonyl (C=O) groups excluding carboxylic acids is 2. The Morgan fingerprint density at radius 1 is 0.885 bits per heavy atom. The highest BCUT2D eigenvalue weighted by Crippen LogP contribution is 2.25. The van der Waals surface area contributed by atoms with E-state index in [-0.39, 0.29) is 5.70 Å². The summed E-state index contributed by atoms with van der Waals surface area (Å²) in [6, 6.07) is 12.8. The molecule has 0 aromatic heterocycles. The van der Waals surface area contributed by atoms with Crippen molar-refractivity contribution in [1.29, 1.82) is 0 Å². The normalized spacial score (nSPS) is 10.8. The molecule has 0 saturated heterocycles. The van der Waals surface area contributed by atoms with Gasteiger partial charge in [-0.25, -0.2) is 9.59 Å². The zero-order valence-electron chi connectivity index (χ0n) is 15.2. The van der Waals surface area contributed by atoms with Gasteiger partial charge in [0.05, 0.1) is 20.3 Å². The van der Waals surface area contributed by atoms with Crippen molar-refractivity contribution >= 4 is 17.6 Å². The predicted octanol–water partition coefficient (Wildman–Crippen LogP) is 3.74. The Labute approximate surface area is 152 Å². The Hall–Kier alpha value is -3.28. The maximum atomic E-state index is 11.7. The number of hydrogen-bond acceptors (Lipinski definition) is 6. The fraction of sp³-hybridized carbons (Fsp3) is 0.200. The summed E-state index contributed by atoms with van der Waals surface area (Å²) in [7, 11) is 2.46. The Balaban J connectivity index is 2.12. The zero-order valence-corrected chi connectivity index (χ0v) is 15.2. The summed E-state index contributed by atoms with van der Waals surface area (Å²) in [6.07, 6.45) is 1.03. The number of anilines is 1. The lowest BCUT2D eigenvalue weighted by molar-refractivity contribution is -0.138. The lowest BCUT2D eigenvalue weighted by Gasteiger charge is -2.11. The van der Waals surface area contributed by atoms with E-state index >= 15 is 0 Å². The maximum Gasteiger partial charge on any atom is 0.354 e. The van der Waals surface area contributed by atoms with Crippen LogP contribution in [0.2, 0.25) is 0 Å². The van der Waals surface area contributed by atoms with Crippen LogP contribution in [-0.2, 0) is 19.1 Å². The molecule has 0 amide bonds. The molecule has 136 valence electrons. The lowest BCUT2D eigenvalue weighted by Crippen LogP contribution is -2.15. The number of methoxy groups -OCH3 is 2. The van der Waals surface area contributed by atoms with Crippen LogP contribution in [0.5, 0.6) is 11.5 Å². The minimum absolute atomic E-state index is 0.0258. The number of hydrogen-bond donors (Lipinski definition) is 1. The number of esters is 2. The number of benzene rings is 2. The molecule has 0 bridgehead atoms. The van der Waals surface area contributed by atoms with Crippen LogP contribution in [0.4, 0.5) is 5.69 Å². The largest absolute Gasteiger partial charge is 0.466 e. The van der Waals surface area contributed by atoms with E-state index in [1.165, 1.54) is 19.8 Å². The first kappa shape index (κ1) is 19.1.